The van der Waals surface area contributed by atoms with E-state index in [1.54, 1.807) is 13.8 Å². The summed E-state index contributed by atoms with van der Waals surface area (Å²) in [5.74, 6) is -0.751. The second-order valence-electron chi connectivity index (χ2n) is 4.33. The first kappa shape index (κ1) is 12.4. The number of hydrogen-bond acceptors (Lipinski definition) is 4. The van der Waals surface area contributed by atoms with E-state index in [-0.39, 0.29) is 23.5 Å². The van der Waals surface area contributed by atoms with Gasteiger partial charge >= 0.3 is 5.97 Å². The molecular weight excluding hydrogens is 218 g/mol. The number of nitrogens with one attached hydrogen (secondary N) is 1. The van der Waals surface area contributed by atoms with Gasteiger partial charge in [0.15, 0.2) is 9.84 Å². The minimum atomic E-state index is -2.95. The number of carbonyl (C=O) groups is 1. The predicted molar refractivity (Wildman–Crippen MR) is 56.5 cm³/mol. The summed E-state index contributed by atoms with van der Waals surface area (Å²) in [6.07, 6.45) is 0.513. The minimum absolute atomic E-state index is 0.0502. The summed E-state index contributed by atoms with van der Waals surface area (Å²) in [5.41, 5.74) is 0. The van der Waals surface area contributed by atoms with E-state index in [2.05, 4.69) is 5.32 Å². The van der Waals surface area contributed by atoms with Gasteiger partial charge in [-0.05, 0) is 12.3 Å². The molecule has 1 unspecified atom stereocenters. The van der Waals surface area contributed by atoms with Crippen molar-refractivity contribution in [2.75, 3.05) is 11.5 Å². The number of carboxylic acids is 1. The molecule has 2 atom stereocenters. The maximum atomic E-state index is 11.2. The van der Waals surface area contributed by atoms with Gasteiger partial charge in [-0.25, -0.2) is 8.42 Å². The topological polar surface area (TPSA) is 83.5 Å². The molecule has 0 aromatic carbocycles. The molecule has 1 aliphatic heterocycles. The van der Waals surface area contributed by atoms with Crippen molar-refractivity contribution in [3.05, 3.63) is 0 Å². The maximum absolute atomic E-state index is 11.2. The first-order valence-corrected chi connectivity index (χ1v) is 6.83. The molecule has 0 aliphatic carbocycles. The lowest BCUT2D eigenvalue weighted by atomic mass is 10.0. The van der Waals surface area contributed by atoms with Crippen LogP contribution in [0.4, 0.5) is 0 Å². The molecule has 88 valence electrons. The third-order valence-corrected chi connectivity index (χ3v) is 4.35. The van der Waals surface area contributed by atoms with E-state index < -0.39 is 21.8 Å². The van der Waals surface area contributed by atoms with E-state index in [9.17, 15) is 13.2 Å². The Morgan fingerprint density at radius 3 is 2.40 bits per heavy atom. The largest absolute Gasteiger partial charge is 0.480 e. The van der Waals surface area contributed by atoms with Crippen molar-refractivity contribution in [2.45, 2.75) is 32.4 Å². The van der Waals surface area contributed by atoms with Crippen LogP contribution in [0.2, 0.25) is 0 Å². The van der Waals surface area contributed by atoms with Crippen LogP contribution in [-0.2, 0) is 14.6 Å². The van der Waals surface area contributed by atoms with Gasteiger partial charge in [0.05, 0.1) is 11.5 Å². The van der Waals surface area contributed by atoms with Crippen LogP contribution in [0.3, 0.4) is 0 Å². The number of rotatable bonds is 4. The van der Waals surface area contributed by atoms with Crippen molar-refractivity contribution in [1.29, 1.82) is 0 Å². The summed E-state index contributed by atoms with van der Waals surface area (Å²) >= 11 is 0. The fourth-order valence-corrected chi connectivity index (χ4v) is 3.42. The van der Waals surface area contributed by atoms with Crippen LogP contribution in [0, 0.1) is 5.92 Å². The molecule has 1 rings (SSSR count). The third-order valence-electron chi connectivity index (χ3n) is 2.58. The molecule has 0 amide bonds. The zero-order chi connectivity index (χ0) is 11.6. The normalized spacial score (nSPS) is 26.7. The average molecular weight is 235 g/mol. The molecule has 0 saturated carbocycles. The van der Waals surface area contributed by atoms with E-state index in [1.165, 1.54) is 0 Å². The molecule has 0 radical (unpaired) electrons. The number of hydrogen-bond donors (Lipinski definition) is 2. The Morgan fingerprint density at radius 2 is 2.07 bits per heavy atom. The molecule has 1 fully saturated rings. The van der Waals surface area contributed by atoms with E-state index in [1.807, 2.05) is 0 Å². The molecule has 0 aromatic heterocycles. The highest BCUT2D eigenvalue weighted by Gasteiger charge is 2.32. The molecule has 2 N–H and O–H groups in total. The van der Waals surface area contributed by atoms with Crippen molar-refractivity contribution >= 4 is 15.8 Å². The van der Waals surface area contributed by atoms with Gasteiger partial charge in [-0.2, -0.15) is 0 Å². The van der Waals surface area contributed by atoms with Crippen molar-refractivity contribution in [1.82, 2.24) is 5.32 Å². The first-order chi connectivity index (χ1) is 6.82. The Morgan fingerprint density at radius 1 is 1.47 bits per heavy atom. The van der Waals surface area contributed by atoms with Crippen molar-refractivity contribution in [3.63, 3.8) is 0 Å². The summed E-state index contributed by atoms with van der Waals surface area (Å²) in [4.78, 5) is 10.9. The van der Waals surface area contributed by atoms with Crippen LogP contribution in [-0.4, -0.2) is 43.1 Å². The molecule has 6 heteroatoms. The van der Waals surface area contributed by atoms with Crippen LogP contribution >= 0.6 is 0 Å². The monoisotopic (exact) mass is 235 g/mol. The summed E-state index contributed by atoms with van der Waals surface area (Å²) in [7, 11) is -2.95. The van der Waals surface area contributed by atoms with Crippen LogP contribution < -0.4 is 5.32 Å². The van der Waals surface area contributed by atoms with Gasteiger partial charge in [-0.15, -0.1) is 0 Å². The Bertz CT molecular complexity index is 336. The molecule has 1 saturated heterocycles. The van der Waals surface area contributed by atoms with Crippen molar-refractivity contribution in [3.8, 4) is 0 Å². The fraction of sp³-hybridized carbons (Fsp3) is 0.889. The first-order valence-electron chi connectivity index (χ1n) is 5.01. The minimum Gasteiger partial charge on any atom is -0.480 e. The molecule has 0 bridgehead atoms. The van der Waals surface area contributed by atoms with Gasteiger partial charge in [-0.1, -0.05) is 13.8 Å². The maximum Gasteiger partial charge on any atom is 0.320 e. The molecule has 0 spiro atoms. The molecule has 1 heterocycles. The van der Waals surface area contributed by atoms with Gasteiger partial charge in [-0.3, -0.25) is 4.79 Å². The lowest BCUT2D eigenvalue weighted by Gasteiger charge is -2.21. The standard InChI is InChI=1S/C9H17NO4S/c1-6(2)8(9(11)12)10-7-3-4-15(13,14)5-7/h6-8,10H,3-5H2,1-2H3,(H,11,12)/t7?,8-/m0/s1. The Labute approximate surface area is 89.8 Å². The summed E-state index contributed by atoms with van der Waals surface area (Å²) in [6.45, 7) is 3.60. The van der Waals surface area contributed by atoms with E-state index in [0.29, 0.717) is 6.42 Å². The zero-order valence-electron chi connectivity index (χ0n) is 8.93. The number of sulfone groups is 1. The fourth-order valence-electron chi connectivity index (χ4n) is 1.73. The SMILES string of the molecule is CC(C)[C@H](NC1CCS(=O)(=O)C1)C(=O)O. The molecule has 5 nitrogen and oxygen atoms in total. The quantitative estimate of drug-likeness (QED) is 0.709. The third kappa shape index (κ3) is 3.46. The highest BCUT2D eigenvalue weighted by Crippen LogP contribution is 2.14. The summed E-state index contributed by atoms with van der Waals surface area (Å²) in [5, 5.41) is 11.8. The van der Waals surface area contributed by atoms with E-state index in [0.717, 1.165) is 0 Å². The summed E-state index contributed by atoms with van der Waals surface area (Å²) < 4.78 is 22.3. The highest BCUT2D eigenvalue weighted by atomic mass is 32.2. The van der Waals surface area contributed by atoms with E-state index >= 15 is 0 Å². The lowest BCUT2D eigenvalue weighted by Crippen LogP contribution is -2.46. The van der Waals surface area contributed by atoms with Gasteiger partial charge in [0.25, 0.3) is 0 Å². The van der Waals surface area contributed by atoms with Crippen molar-refractivity contribution < 1.29 is 18.3 Å². The van der Waals surface area contributed by atoms with Crippen molar-refractivity contribution in [2.24, 2.45) is 5.92 Å². The highest BCUT2D eigenvalue weighted by molar-refractivity contribution is 7.91. The average Bonchev–Trinajstić information content (AvgIpc) is 2.40. The van der Waals surface area contributed by atoms with Gasteiger partial charge in [0, 0.05) is 6.04 Å². The molecular formula is C9H17NO4S. The summed E-state index contributed by atoms with van der Waals surface area (Å²) in [6, 6.07) is -0.873. The smallest absolute Gasteiger partial charge is 0.320 e. The Kier molecular flexibility index (Phi) is 3.72. The zero-order valence-corrected chi connectivity index (χ0v) is 9.75. The number of aliphatic carboxylic acids is 1. The lowest BCUT2D eigenvalue weighted by molar-refractivity contribution is -0.140. The molecule has 1 aliphatic rings. The molecule has 0 aromatic rings. The van der Waals surface area contributed by atoms with Crippen LogP contribution in [0.5, 0.6) is 0 Å². The van der Waals surface area contributed by atoms with Gasteiger partial charge in [0.1, 0.15) is 6.04 Å². The van der Waals surface area contributed by atoms with Gasteiger partial charge < -0.3 is 10.4 Å². The van der Waals surface area contributed by atoms with Crippen LogP contribution in [0.15, 0.2) is 0 Å². The Hall–Kier alpha value is -0.620. The second-order valence-corrected chi connectivity index (χ2v) is 6.56. The van der Waals surface area contributed by atoms with E-state index in [4.69, 9.17) is 5.11 Å². The van der Waals surface area contributed by atoms with Gasteiger partial charge in [0.2, 0.25) is 0 Å². The van der Waals surface area contributed by atoms with Crippen LogP contribution in [0.25, 0.3) is 0 Å². The Balaban J connectivity index is 2.58. The second kappa shape index (κ2) is 4.49. The predicted octanol–water partition coefficient (Wildman–Crippen LogP) is -0.128. The number of carboxylic acid groups (broad SMARTS) is 1. The molecule has 15 heavy (non-hydrogen) atoms. The van der Waals surface area contributed by atoms with Crippen LogP contribution in [0.1, 0.15) is 20.3 Å².